The second-order valence-electron chi connectivity index (χ2n) is 6.03. The van der Waals surface area contributed by atoms with Gasteiger partial charge in [0.05, 0.1) is 0 Å². The van der Waals surface area contributed by atoms with Crippen LogP contribution in [0.2, 0.25) is 5.02 Å². The van der Waals surface area contributed by atoms with E-state index in [2.05, 4.69) is 15.8 Å². The number of esters is 1. The summed E-state index contributed by atoms with van der Waals surface area (Å²) in [6.45, 7) is -0.479. The molecule has 3 N–H and O–H groups in total. The lowest BCUT2D eigenvalue weighted by atomic mass is 10.1. The third-order valence-electron chi connectivity index (χ3n) is 4.06. The average Bonchev–Trinajstić information content (AvgIpc) is 3.12. The molecule has 2 amide bonds. The highest BCUT2D eigenvalue weighted by Crippen LogP contribution is 2.19. The van der Waals surface area contributed by atoms with Gasteiger partial charge in [-0.15, -0.1) is 0 Å². The van der Waals surface area contributed by atoms with Crippen molar-refractivity contribution in [3.8, 4) is 0 Å². The van der Waals surface area contributed by atoms with Crippen molar-refractivity contribution in [2.75, 3.05) is 6.61 Å². The first-order valence-corrected chi connectivity index (χ1v) is 8.96. The first kappa shape index (κ1) is 19.4. The highest BCUT2D eigenvalue weighted by atomic mass is 35.5. The van der Waals surface area contributed by atoms with E-state index in [0.717, 1.165) is 16.5 Å². The third-order valence-corrected chi connectivity index (χ3v) is 4.31. The van der Waals surface area contributed by atoms with Crippen LogP contribution in [0, 0.1) is 0 Å². The second kappa shape index (κ2) is 9.05. The number of carbonyl (C=O) groups excluding carboxylic acids is 3. The molecule has 0 fully saturated rings. The third kappa shape index (κ3) is 5.11. The minimum Gasteiger partial charge on any atom is -0.455 e. The van der Waals surface area contributed by atoms with Gasteiger partial charge in [0.1, 0.15) is 0 Å². The molecule has 0 radical (unpaired) electrons. The van der Waals surface area contributed by atoms with Crippen LogP contribution in [0.25, 0.3) is 10.9 Å². The van der Waals surface area contributed by atoms with Crippen molar-refractivity contribution >= 4 is 40.3 Å². The number of benzene rings is 2. The highest BCUT2D eigenvalue weighted by Gasteiger charge is 2.11. The Morgan fingerprint density at radius 2 is 1.75 bits per heavy atom. The molecular formula is C20H18ClN3O4. The van der Waals surface area contributed by atoms with Crippen LogP contribution < -0.4 is 10.9 Å². The number of halogens is 1. The van der Waals surface area contributed by atoms with Crippen molar-refractivity contribution in [3.05, 3.63) is 70.9 Å². The number of rotatable bonds is 6. The fourth-order valence-corrected chi connectivity index (χ4v) is 2.76. The number of hydrogen-bond acceptors (Lipinski definition) is 4. The van der Waals surface area contributed by atoms with Crippen LogP contribution in [0.5, 0.6) is 0 Å². The van der Waals surface area contributed by atoms with Crippen LogP contribution in [0.3, 0.4) is 0 Å². The lowest BCUT2D eigenvalue weighted by molar-refractivity contribution is -0.148. The first-order valence-electron chi connectivity index (χ1n) is 8.58. The number of H-pyrrole nitrogens is 1. The summed E-state index contributed by atoms with van der Waals surface area (Å²) < 4.78 is 4.94. The van der Waals surface area contributed by atoms with E-state index in [-0.39, 0.29) is 6.42 Å². The van der Waals surface area contributed by atoms with Crippen LogP contribution in [0.4, 0.5) is 0 Å². The van der Waals surface area contributed by atoms with Gasteiger partial charge in [0.25, 0.3) is 11.8 Å². The van der Waals surface area contributed by atoms with Gasteiger partial charge in [-0.3, -0.25) is 25.2 Å². The molecule has 0 aliphatic rings. The molecule has 2 aromatic carbocycles. The van der Waals surface area contributed by atoms with Crippen molar-refractivity contribution in [3.63, 3.8) is 0 Å². The van der Waals surface area contributed by atoms with Crippen molar-refractivity contribution in [1.82, 2.24) is 15.8 Å². The van der Waals surface area contributed by atoms with Crippen molar-refractivity contribution in [2.45, 2.75) is 12.8 Å². The molecule has 8 heteroatoms. The van der Waals surface area contributed by atoms with Crippen LogP contribution in [0.1, 0.15) is 22.3 Å². The number of aromatic nitrogens is 1. The standard InChI is InChI=1S/C20H18ClN3O4/c21-15-8-5-13(6-9-15)20(27)24-23-18(25)12-28-19(26)10-7-14-11-22-17-4-2-1-3-16(14)17/h1-6,8-9,11,22H,7,10,12H2,(H,23,25)(H,24,27). The van der Waals surface area contributed by atoms with Gasteiger partial charge in [0.2, 0.25) is 0 Å². The summed E-state index contributed by atoms with van der Waals surface area (Å²) in [6, 6.07) is 14.0. The van der Waals surface area contributed by atoms with Crippen molar-refractivity contribution in [1.29, 1.82) is 0 Å². The number of fused-ring (bicyclic) bond motifs is 1. The van der Waals surface area contributed by atoms with E-state index in [0.29, 0.717) is 17.0 Å². The van der Waals surface area contributed by atoms with Gasteiger partial charge < -0.3 is 9.72 Å². The molecule has 1 heterocycles. The molecule has 3 aromatic rings. The Labute approximate surface area is 166 Å². The summed E-state index contributed by atoms with van der Waals surface area (Å²) in [7, 11) is 0. The van der Waals surface area contributed by atoms with Crippen LogP contribution in [-0.4, -0.2) is 29.4 Å². The quantitative estimate of drug-likeness (QED) is 0.438. The number of ether oxygens (including phenoxy) is 1. The molecule has 0 atom stereocenters. The number of amides is 2. The van der Waals surface area contributed by atoms with Gasteiger partial charge in [-0.2, -0.15) is 0 Å². The summed E-state index contributed by atoms with van der Waals surface area (Å²) >= 11 is 5.75. The van der Waals surface area contributed by atoms with E-state index in [4.69, 9.17) is 16.3 Å². The summed E-state index contributed by atoms with van der Waals surface area (Å²) in [5.41, 5.74) is 6.77. The van der Waals surface area contributed by atoms with Gasteiger partial charge in [-0.1, -0.05) is 29.8 Å². The van der Waals surface area contributed by atoms with Gasteiger partial charge in [0.15, 0.2) is 6.61 Å². The normalized spacial score (nSPS) is 10.5. The molecule has 0 aliphatic heterocycles. The van der Waals surface area contributed by atoms with Gasteiger partial charge >= 0.3 is 5.97 Å². The summed E-state index contributed by atoms with van der Waals surface area (Å²) in [5, 5.41) is 1.55. The summed E-state index contributed by atoms with van der Waals surface area (Å²) in [6.07, 6.45) is 2.50. The number of aromatic amines is 1. The molecule has 7 nitrogen and oxygen atoms in total. The fourth-order valence-electron chi connectivity index (χ4n) is 2.63. The Bertz CT molecular complexity index is 998. The number of para-hydroxylation sites is 1. The summed E-state index contributed by atoms with van der Waals surface area (Å²) in [5.74, 6) is -1.64. The fraction of sp³-hybridized carbons (Fsp3) is 0.150. The lowest BCUT2D eigenvalue weighted by Gasteiger charge is -2.08. The topological polar surface area (TPSA) is 100 Å². The summed E-state index contributed by atoms with van der Waals surface area (Å²) in [4.78, 5) is 38.6. The van der Waals surface area contributed by atoms with Gasteiger partial charge in [-0.25, -0.2) is 0 Å². The molecule has 0 saturated heterocycles. The minimum absolute atomic E-state index is 0.145. The van der Waals surface area contributed by atoms with E-state index in [9.17, 15) is 14.4 Å². The lowest BCUT2D eigenvalue weighted by Crippen LogP contribution is -2.43. The van der Waals surface area contributed by atoms with Crippen LogP contribution >= 0.6 is 11.6 Å². The molecular weight excluding hydrogens is 382 g/mol. The number of aryl methyl sites for hydroxylation is 1. The molecule has 1 aromatic heterocycles. The van der Waals surface area contributed by atoms with E-state index in [1.54, 1.807) is 12.1 Å². The second-order valence-corrected chi connectivity index (χ2v) is 6.47. The Morgan fingerprint density at radius 3 is 2.54 bits per heavy atom. The molecule has 0 unspecified atom stereocenters. The maximum absolute atomic E-state index is 11.9. The Morgan fingerprint density at radius 1 is 1.00 bits per heavy atom. The van der Waals surface area contributed by atoms with Gasteiger partial charge in [0, 0.05) is 34.1 Å². The highest BCUT2D eigenvalue weighted by molar-refractivity contribution is 6.30. The number of hydrogen-bond donors (Lipinski definition) is 3. The number of nitrogens with one attached hydrogen (secondary N) is 3. The molecule has 28 heavy (non-hydrogen) atoms. The molecule has 0 saturated carbocycles. The molecule has 3 rings (SSSR count). The molecule has 0 aliphatic carbocycles. The molecule has 0 bridgehead atoms. The Balaban J connectivity index is 1.38. The minimum atomic E-state index is -0.636. The van der Waals surface area contributed by atoms with Crippen molar-refractivity contribution < 1.29 is 19.1 Å². The smallest absolute Gasteiger partial charge is 0.306 e. The zero-order valence-electron chi connectivity index (χ0n) is 14.8. The van der Waals surface area contributed by atoms with Crippen LogP contribution in [-0.2, 0) is 20.7 Å². The van der Waals surface area contributed by atoms with Crippen LogP contribution in [0.15, 0.2) is 54.7 Å². The van der Waals surface area contributed by atoms with E-state index in [1.165, 1.54) is 12.1 Å². The van der Waals surface area contributed by atoms with E-state index < -0.39 is 24.4 Å². The van der Waals surface area contributed by atoms with Gasteiger partial charge in [-0.05, 0) is 42.3 Å². The SMILES string of the molecule is O=C(COC(=O)CCc1c[nH]c2ccccc12)NNC(=O)c1ccc(Cl)cc1. The first-order chi connectivity index (χ1) is 13.5. The maximum Gasteiger partial charge on any atom is 0.306 e. The average molecular weight is 400 g/mol. The Kier molecular flexibility index (Phi) is 6.29. The van der Waals surface area contributed by atoms with E-state index in [1.807, 2.05) is 30.5 Å². The van der Waals surface area contributed by atoms with E-state index >= 15 is 0 Å². The Hall–Kier alpha value is -3.32. The predicted octanol–water partition coefficient (Wildman–Crippen LogP) is 2.76. The molecule has 144 valence electrons. The largest absolute Gasteiger partial charge is 0.455 e. The number of carbonyl (C=O) groups is 3. The predicted molar refractivity (Wildman–Crippen MR) is 105 cm³/mol. The molecule has 0 spiro atoms. The zero-order chi connectivity index (χ0) is 19.9. The monoisotopic (exact) mass is 399 g/mol. The maximum atomic E-state index is 11.9. The van der Waals surface area contributed by atoms with Crippen molar-refractivity contribution in [2.24, 2.45) is 0 Å². The number of hydrazine groups is 1. The zero-order valence-corrected chi connectivity index (χ0v) is 15.6.